The van der Waals surface area contributed by atoms with Crippen LogP contribution < -0.4 is 4.74 Å². The van der Waals surface area contributed by atoms with Crippen molar-refractivity contribution in [3.05, 3.63) is 24.0 Å². The predicted molar refractivity (Wildman–Crippen MR) is 49.7 cm³/mol. The number of pyridine rings is 1. The Morgan fingerprint density at radius 3 is 2.93 bits per heavy atom. The summed E-state index contributed by atoms with van der Waals surface area (Å²) in [4.78, 5) is 14.6. The summed E-state index contributed by atoms with van der Waals surface area (Å²) >= 11 is 0. The summed E-state index contributed by atoms with van der Waals surface area (Å²) in [7, 11) is 2.79. The van der Waals surface area contributed by atoms with E-state index in [0.717, 1.165) is 0 Å². The van der Waals surface area contributed by atoms with Gasteiger partial charge in [-0.2, -0.15) is 0 Å². The van der Waals surface area contributed by atoms with Crippen molar-refractivity contribution in [3.8, 4) is 17.6 Å². The molecule has 1 heterocycles. The fourth-order valence-electron chi connectivity index (χ4n) is 0.815. The van der Waals surface area contributed by atoms with E-state index in [9.17, 15) is 4.79 Å². The lowest BCUT2D eigenvalue weighted by molar-refractivity contribution is -0.133. The third kappa shape index (κ3) is 2.49. The van der Waals surface area contributed by atoms with Gasteiger partial charge in [0, 0.05) is 12.1 Å². The molecule has 0 saturated heterocycles. The van der Waals surface area contributed by atoms with Crippen molar-refractivity contribution in [1.29, 1.82) is 0 Å². The van der Waals surface area contributed by atoms with Crippen LogP contribution in [0.5, 0.6) is 5.75 Å². The van der Waals surface area contributed by atoms with Crippen LogP contribution >= 0.6 is 0 Å². The van der Waals surface area contributed by atoms with Crippen LogP contribution in [-0.4, -0.2) is 25.2 Å². The van der Waals surface area contributed by atoms with Gasteiger partial charge >= 0.3 is 5.97 Å². The minimum Gasteiger partial charge on any atom is -0.494 e. The maximum absolute atomic E-state index is 10.7. The van der Waals surface area contributed by atoms with Gasteiger partial charge in [-0.3, -0.25) is 4.98 Å². The SMILES string of the molecule is COC(=O)C#Cc1ccncc1OC. The zero-order valence-electron chi connectivity index (χ0n) is 7.90. The first-order valence-corrected chi connectivity index (χ1v) is 3.86. The molecule has 0 aliphatic carbocycles. The van der Waals surface area contributed by atoms with Crippen molar-refractivity contribution in [3.63, 3.8) is 0 Å². The Balaban J connectivity index is 2.94. The first kappa shape index (κ1) is 10.1. The summed E-state index contributed by atoms with van der Waals surface area (Å²) in [6.07, 6.45) is 3.10. The van der Waals surface area contributed by atoms with E-state index >= 15 is 0 Å². The standard InChI is InChI=1S/C10H9NO3/c1-13-9-7-11-6-5-8(9)3-4-10(12)14-2/h5-7H,1-2H3. The van der Waals surface area contributed by atoms with Crippen LogP contribution in [0.2, 0.25) is 0 Å². The Labute approximate surface area is 81.9 Å². The molecule has 4 heteroatoms. The minimum absolute atomic E-state index is 0.531. The number of aromatic nitrogens is 1. The highest BCUT2D eigenvalue weighted by Crippen LogP contribution is 2.13. The zero-order valence-corrected chi connectivity index (χ0v) is 7.90. The topological polar surface area (TPSA) is 48.4 Å². The number of nitrogens with zero attached hydrogens (tertiary/aromatic N) is 1. The molecule has 0 bridgehead atoms. The fourth-order valence-corrected chi connectivity index (χ4v) is 0.815. The molecule has 0 amide bonds. The van der Waals surface area contributed by atoms with E-state index in [4.69, 9.17) is 4.74 Å². The molecule has 0 unspecified atom stereocenters. The Hall–Kier alpha value is -2.02. The van der Waals surface area contributed by atoms with E-state index in [1.54, 1.807) is 12.3 Å². The van der Waals surface area contributed by atoms with Gasteiger partial charge in [-0.1, -0.05) is 5.92 Å². The molecule has 0 N–H and O–H groups in total. The first-order valence-electron chi connectivity index (χ1n) is 3.86. The van der Waals surface area contributed by atoms with Crippen LogP contribution in [0.15, 0.2) is 18.5 Å². The Bertz CT molecular complexity index is 390. The second-order valence-corrected chi connectivity index (χ2v) is 2.32. The molecule has 0 aromatic carbocycles. The molecule has 4 nitrogen and oxygen atoms in total. The van der Waals surface area contributed by atoms with Gasteiger partial charge in [0.05, 0.1) is 26.0 Å². The van der Waals surface area contributed by atoms with Gasteiger partial charge in [0.1, 0.15) is 0 Å². The zero-order chi connectivity index (χ0) is 10.4. The molecule has 0 spiro atoms. The van der Waals surface area contributed by atoms with Gasteiger partial charge in [-0.25, -0.2) is 4.79 Å². The highest BCUT2D eigenvalue weighted by Gasteiger charge is 1.98. The molecule has 0 saturated carbocycles. The normalized spacial score (nSPS) is 8.43. The number of carbonyl (C=O) groups is 1. The number of hydrogen-bond acceptors (Lipinski definition) is 4. The Kier molecular flexibility index (Phi) is 3.50. The van der Waals surface area contributed by atoms with E-state index in [-0.39, 0.29) is 0 Å². The molecule has 72 valence electrons. The van der Waals surface area contributed by atoms with Gasteiger partial charge in [-0.15, -0.1) is 0 Å². The molecular weight excluding hydrogens is 182 g/mol. The lowest BCUT2D eigenvalue weighted by Crippen LogP contribution is -1.95. The van der Waals surface area contributed by atoms with Crippen LogP contribution in [0.3, 0.4) is 0 Å². The third-order valence-corrected chi connectivity index (χ3v) is 1.49. The quantitative estimate of drug-likeness (QED) is 0.482. The fraction of sp³-hybridized carbons (Fsp3) is 0.200. The number of carbonyl (C=O) groups excluding carboxylic acids is 1. The highest BCUT2D eigenvalue weighted by molar-refractivity contribution is 5.89. The van der Waals surface area contributed by atoms with Gasteiger partial charge in [0.2, 0.25) is 0 Å². The van der Waals surface area contributed by atoms with E-state index in [2.05, 4.69) is 21.6 Å². The number of ether oxygens (including phenoxy) is 2. The lowest BCUT2D eigenvalue weighted by atomic mass is 10.2. The predicted octanol–water partition coefficient (Wildman–Crippen LogP) is 0.615. The van der Waals surface area contributed by atoms with Crippen LogP contribution in [-0.2, 0) is 9.53 Å². The summed E-state index contributed by atoms with van der Waals surface area (Å²) in [5, 5.41) is 0. The van der Waals surface area contributed by atoms with Gasteiger partial charge in [0.25, 0.3) is 0 Å². The summed E-state index contributed by atoms with van der Waals surface area (Å²) in [5.74, 6) is 4.88. The number of hydrogen-bond donors (Lipinski definition) is 0. The molecule has 1 aromatic rings. The average molecular weight is 191 g/mol. The molecule has 0 fully saturated rings. The summed E-state index contributed by atoms with van der Waals surface area (Å²) in [6.45, 7) is 0. The van der Waals surface area contributed by atoms with Gasteiger partial charge in [0.15, 0.2) is 5.75 Å². The van der Waals surface area contributed by atoms with Crippen molar-refractivity contribution < 1.29 is 14.3 Å². The maximum Gasteiger partial charge on any atom is 0.384 e. The average Bonchev–Trinajstić information content (AvgIpc) is 2.26. The Morgan fingerprint density at radius 2 is 2.29 bits per heavy atom. The van der Waals surface area contributed by atoms with Crippen molar-refractivity contribution in [1.82, 2.24) is 4.98 Å². The van der Waals surface area contributed by atoms with E-state index in [1.807, 2.05) is 0 Å². The molecule has 0 radical (unpaired) electrons. The lowest BCUT2D eigenvalue weighted by Gasteiger charge is -1.99. The van der Waals surface area contributed by atoms with Gasteiger partial charge in [-0.05, 0) is 6.07 Å². The number of esters is 1. The van der Waals surface area contributed by atoms with Crippen molar-refractivity contribution in [2.24, 2.45) is 0 Å². The van der Waals surface area contributed by atoms with Crippen LogP contribution in [0.25, 0.3) is 0 Å². The minimum atomic E-state index is -0.580. The third-order valence-electron chi connectivity index (χ3n) is 1.49. The van der Waals surface area contributed by atoms with Crippen LogP contribution in [0.4, 0.5) is 0 Å². The first-order chi connectivity index (χ1) is 6.77. The summed E-state index contributed by atoms with van der Waals surface area (Å²) in [5.41, 5.74) is 0.605. The summed E-state index contributed by atoms with van der Waals surface area (Å²) < 4.78 is 9.37. The molecule has 0 atom stereocenters. The Morgan fingerprint density at radius 1 is 1.50 bits per heavy atom. The molecular formula is C10H9NO3. The van der Waals surface area contributed by atoms with Gasteiger partial charge < -0.3 is 9.47 Å². The monoisotopic (exact) mass is 191 g/mol. The van der Waals surface area contributed by atoms with Crippen molar-refractivity contribution in [2.75, 3.05) is 14.2 Å². The highest BCUT2D eigenvalue weighted by atomic mass is 16.5. The number of methoxy groups -OCH3 is 2. The van der Waals surface area contributed by atoms with Crippen LogP contribution in [0.1, 0.15) is 5.56 Å². The van der Waals surface area contributed by atoms with E-state index in [0.29, 0.717) is 11.3 Å². The van der Waals surface area contributed by atoms with E-state index < -0.39 is 5.97 Å². The summed E-state index contributed by atoms with van der Waals surface area (Å²) in [6, 6.07) is 1.66. The maximum atomic E-state index is 10.7. The number of rotatable bonds is 1. The molecule has 0 aliphatic rings. The molecule has 0 aliphatic heterocycles. The molecule has 1 rings (SSSR count). The van der Waals surface area contributed by atoms with Crippen LogP contribution in [0, 0.1) is 11.8 Å². The van der Waals surface area contributed by atoms with Crippen molar-refractivity contribution in [2.45, 2.75) is 0 Å². The smallest absolute Gasteiger partial charge is 0.384 e. The molecule has 1 aromatic heterocycles. The largest absolute Gasteiger partial charge is 0.494 e. The second-order valence-electron chi connectivity index (χ2n) is 2.32. The van der Waals surface area contributed by atoms with Crippen molar-refractivity contribution >= 4 is 5.97 Å². The van der Waals surface area contributed by atoms with E-state index in [1.165, 1.54) is 20.4 Å². The second kappa shape index (κ2) is 4.87. The molecule has 14 heavy (non-hydrogen) atoms.